The highest BCUT2D eigenvalue weighted by Crippen LogP contribution is 2.43. The van der Waals surface area contributed by atoms with Gasteiger partial charge in [0.15, 0.2) is 6.10 Å². The Morgan fingerprint density at radius 3 is 1.17 bits per heavy atom. The fourth-order valence-corrected chi connectivity index (χ4v) is 7.81. The Morgan fingerprint density at radius 2 is 0.736 bits per heavy atom. The van der Waals surface area contributed by atoms with E-state index in [1.54, 1.807) is 0 Å². The highest BCUT2D eigenvalue weighted by molar-refractivity contribution is 7.47. The molecule has 0 aliphatic carbocycles. The molecule has 2 N–H and O–H groups in total. The second kappa shape index (κ2) is 53.4. The van der Waals surface area contributed by atoms with Crippen molar-refractivity contribution in [3.63, 3.8) is 0 Å². The number of carbonyl (C=O) groups excluding carboxylic acids is 3. The summed E-state index contributed by atoms with van der Waals surface area (Å²) < 4.78 is 39.4. The molecule has 3 unspecified atom stereocenters. The molecular formula is C60H99O11P. The van der Waals surface area contributed by atoms with Gasteiger partial charge < -0.3 is 24.2 Å². The lowest BCUT2D eigenvalue weighted by atomic mass is 10.1. The summed E-state index contributed by atoms with van der Waals surface area (Å²) in [5, 5.41) is 9.80. The van der Waals surface area contributed by atoms with Gasteiger partial charge in [0.2, 0.25) is 0 Å². The number of phosphoric ester groups is 1. The van der Waals surface area contributed by atoms with E-state index in [9.17, 15) is 28.9 Å². The summed E-state index contributed by atoms with van der Waals surface area (Å²) in [6.07, 6.45) is 63.4. The van der Waals surface area contributed by atoms with Crippen LogP contribution < -0.4 is 0 Å². The largest absolute Gasteiger partial charge is 0.472 e. The second-order valence-corrected chi connectivity index (χ2v) is 19.4. The summed E-state index contributed by atoms with van der Waals surface area (Å²) in [5.41, 5.74) is 0. The Balaban J connectivity index is 4.81. The van der Waals surface area contributed by atoms with Gasteiger partial charge in [0.05, 0.1) is 19.8 Å². The Labute approximate surface area is 437 Å². The molecule has 0 fully saturated rings. The molecule has 0 aromatic carbocycles. The molecule has 0 aromatic rings. The first-order valence-electron chi connectivity index (χ1n) is 27.8. The fraction of sp³-hybridized carbons (Fsp3) is 0.650. The van der Waals surface area contributed by atoms with E-state index in [1.165, 1.54) is 44.9 Å². The van der Waals surface area contributed by atoms with Gasteiger partial charge in [0.25, 0.3) is 0 Å². The average Bonchev–Trinajstić information content (AvgIpc) is 3.37. The first kappa shape index (κ1) is 68.1. The SMILES string of the molecule is CC/C=C\C/C=C\C/C=C\C/C=C\C/C=C\CCCC(=O)OC(COC(=O)CCCCCCCCCCCCC)COP(=O)(O)OCC(CO)OC(=O)CCCCCC/C=C\C/C=C\C/C=C\C/C=C\CC. The van der Waals surface area contributed by atoms with E-state index in [1.807, 2.05) is 12.2 Å². The maximum absolute atomic E-state index is 12.9. The molecule has 0 amide bonds. The Kier molecular flexibility index (Phi) is 50.6. The third-order valence-electron chi connectivity index (χ3n) is 11.2. The van der Waals surface area contributed by atoms with Crippen molar-refractivity contribution < 1.29 is 52.2 Å². The zero-order valence-electron chi connectivity index (χ0n) is 45.1. The summed E-state index contributed by atoms with van der Waals surface area (Å²) in [7, 11) is -4.77. The van der Waals surface area contributed by atoms with Gasteiger partial charge in [-0.15, -0.1) is 0 Å². The molecule has 0 heterocycles. The third kappa shape index (κ3) is 51.1. The number of hydrogen-bond donors (Lipinski definition) is 2. The number of unbranched alkanes of at least 4 members (excludes halogenated alkanes) is 15. The van der Waals surface area contributed by atoms with Gasteiger partial charge in [-0.2, -0.15) is 0 Å². The molecule has 0 rings (SSSR count). The van der Waals surface area contributed by atoms with Gasteiger partial charge in [-0.1, -0.05) is 207 Å². The molecule has 0 aliphatic heterocycles. The summed E-state index contributed by atoms with van der Waals surface area (Å²) in [6.45, 7) is 4.30. The van der Waals surface area contributed by atoms with Crippen LogP contribution in [0.1, 0.15) is 213 Å². The normalized spacial score (nSPS) is 14.2. The van der Waals surface area contributed by atoms with E-state index in [4.69, 9.17) is 23.3 Å². The highest BCUT2D eigenvalue weighted by atomic mass is 31.2. The van der Waals surface area contributed by atoms with Gasteiger partial charge in [-0.3, -0.25) is 23.4 Å². The minimum absolute atomic E-state index is 0.0837. The van der Waals surface area contributed by atoms with Crippen LogP contribution in [0, 0.1) is 0 Å². The molecule has 72 heavy (non-hydrogen) atoms. The number of aliphatic hydroxyl groups excluding tert-OH is 1. The van der Waals surface area contributed by atoms with E-state index < -0.39 is 57.8 Å². The lowest BCUT2D eigenvalue weighted by Crippen LogP contribution is -2.30. The maximum Gasteiger partial charge on any atom is 0.472 e. The molecule has 12 heteroatoms. The third-order valence-corrected chi connectivity index (χ3v) is 12.1. The van der Waals surface area contributed by atoms with E-state index in [2.05, 4.69) is 118 Å². The van der Waals surface area contributed by atoms with Gasteiger partial charge in [-0.25, -0.2) is 4.57 Å². The van der Waals surface area contributed by atoms with Crippen LogP contribution in [0.4, 0.5) is 0 Å². The first-order chi connectivity index (χ1) is 35.2. The van der Waals surface area contributed by atoms with Crippen molar-refractivity contribution in [3.8, 4) is 0 Å². The van der Waals surface area contributed by atoms with Crippen molar-refractivity contribution >= 4 is 25.7 Å². The van der Waals surface area contributed by atoms with Crippen molar-refractivity contribution in [2.75, 3.05) is 26.4 Å². The number of hydrogen-bond acceptors (Lipinski definition) is 10. The number of phosphoric acid groups is 1. The number of allylic oxidation sites excluding steroid dienone is 18. The summed E-state index contributed by atoms with van der Waals surface area (Å²) in [5.74, 6) is -1.57. The molecule has 0 saturated heterocycles. The van der Waals surface area contributed by atoms with Gasteiger partial charge >= 0.3 is 25.7 Å². The monoisotopic (exact) mass is 1030 g/mol. The zero-order valence-corrected chi connectivity index (χ0v) is 46.0. The minimum Gasteiger partial charge on any atom is -0.462 e. The zero-order chi connectivity index (χ0) is 52.7. The van der Waals surface area contributed by atoms with Crippen LogP contribution in [0.15, 0.2) is 109 Å². The topological polar surface area (TPSA) is 155 Å². The fourth-order valence-electron chi connectivity index (χ4n) is 7.03. The van der Waals surface area contributed by atoms with E-state index >= 15 is 0 Å². The number of ether oxygens (including phenoxy) is 3. The number of aliphatic hydroxyl groups is 1. The van der Waals surface area contributed by atoms with Gasteiger partial charge in [0, 0.05) is 19.3 Å². The number of rotatable bonds is 50. The molecule has 0 radical (unpaired) electrons. The van der Waals surface area contributed by atoms with Crippen molar-refractivity contribution in [2.45, 2.75) is 226 Å². The van der Waals surface area contributed by atoms with E-state index in [0.717, 1.165) is 103 Å². The molecule has 3 atom stereocenters. The van der Waals surface area contributed by atoms with E-state index in [-0.39, 0.29) is 25.9 Å². The van der Waals surface area contributed by atoms with Crippen LogP contribution in [0.25, 0.3) is 0 Å². The quantitative estimate of drug-likeness (QED) is 0.0197. The second-order valence-electron chi connectivity index (χ2n) is 18.0. The first-order valence-corrected chi connectivity index (χ1v) is 29.3. The molecule has 410 valence electrons. The van der Waals surface area contributed by atoms with Crippen LogP contribution in [-0.2, 0) is 42.2 Å². The predicted molar refractivity (Wildman–Crippen MR) is 297 cm³/mol. The number of esters is 3. The molecule has 0 spiro atoms. The lowest BCUT2D eigenvalue weighted by Gasteiger charge is -2.21. The Bertz CT molecular complexity index is 1620. The lowest BCUT2D eigenvalue weighted by molar-refractivity contribution is -0.161. The minimum atomic E-state index is -4.77. The Hall–Kier alpha value is -3.86. The average molecular weight is 1030 g/mol. The van der Waals surface area contributed by atoms with E-state index in [0.29, 0.717) is 25.7 Å². The van der Waals surface area contributed by atoms with Crippen LogP contribution in [0.5, 0.6) is 0 Å². The highest BCUT2D eigenvalue weighted by Gasteiger charge is 2.28. The molecule has 0 saturated carbocycles. The van der Waals surface area contributed by atoms with Crippen molar-refractivity contribution in [3.05, 3.63) is 109 Å². The molecule has 11 nitrogen and oxygen atoms in total. The van der Waals surface area contributed by atoms with Crippen LogP contribution in [-0.4, -0.2) is 66.5 Å². The summed E-state index contributed by atoms with van der Waals surface area (Å²) in [4.78, 5) is 48.4. The van der Waals surface area contributed by atoms with Crippen molar-refractivity contribution in [1.82, 2.24) is 0 Å². The smallest absolute Gasteiger partial charge is 0.462 e. The molecular weight excluding hydrogens is 928 g/mol. The Morgan fingerprint density at radius 1 is 0.403 bits per heavy atom. The van der Waals surface area contributed by atoms with Crippen molar-refractivity contribution in [1.29, 1.82) is 0 Å². The molecule has 0 aliphatic rings. The summed E-state index contributed by atoms with van der Waals surface area (Å²) >= 11 is 0. The number of carbonyl (C=O) groups is 3. The standard InChI is InChI=1S/C60H99O11P/c1-4-7-10-13-16-19-22-24-26-28-30-32-35-38-41-44-47-50-59(63)70-56(52-61)54-68-72(65,66)69-55-57(53-67-58(62)49-46-43-40-37-34-21-18-15-12-9-6-3)71-60(64)51-48-45-42-39-36-33-31-29-27-25-23-20-17-14-11-8-5-2/h7-8,10-11,16-17,19-20,24-27,30-33,39,42,56-57,61H,4-6,9,12-15,18,21-23,28-29,34-38,40-41,43-55H2,1-3H3,(H,65,66)/b10-7-,11-8-,19-16-,20-17-,26-24-,27-25-,32-30-,33-31-,42-39-. The van der Waals surface area contributed by atoms with Gasteiger partial charge in [-0.05, 0) is 96.3 Å². The van der Waals surface area contributed by atoms with Crippen LogP contribution >= 0.6 is 7.82 Å². The molecule has 0 aromatic heterocycles. The van der Waals surface area contributed by atoms with Gasteiger partial charge in [0.1, 0.15) is 12.7 Å². The van der Waals surface area contributed by atoms with Crippen LogP contribution in [0.3, 0.4) is 0 Å². The molecule has 0 bridgehead atoms. The maximum atomic E-state index is 12.9. The van der Waals surface area contributed by atoms with Crippen LogP contribution in [0.2, 0.25) is 0 Å². The van der Waals surface area contributed by atoms with Crippen molar-refractivity contribution in [2.24, 2.45) is 0 Å². The summed E-state index contributed by atoms with van der Waals surface area (Å²) in [6, 6.07) is 0. The predicted octanol–water partition coefficient (Wildman–Crippen LogP) is 16.2.